The van der Waals surface area contributed by atoms with Crippen LogP contribution < -0.4 is 4.72 Å². The van der Waals surface area contributed by atoms with Crippen molar-refractivity contribution in [3.63, 3.8) is 0 Å². The zero-order valence-corrected chi connectivity index (χ0v) is 16.7. The molecule has 2 aromatic rings. The van der Waals surface area contributed by atoms with Crippen molar-refractivity contribution >= 4 is 27.7 Å². The molecule has 1 aliphatic carbocycles. The molecule has 2 atom stereocenters. The molecule has 2 unspecified atom stereocenters. The van der Waals surface area contributed by atoms with Gasteiger partial charge in [0.05, 0.1) is 11.9 Å². The molecule has 2 aliphatic rings. The van der Waals surface area contributed by atoms with Crippen molar-refractivity contribution in [1.82, 2.24) is 9.88 Å². The Balaban J connectivity index is 1.42. The van der Waals surface area contributed by atoms with Crippen LogP contribution in [0.5, 0.6) is 0 Å². The fourth-order valence-electron chi connectivity index (χ4n) is 4.36. The number of likely N-dealkylation sites (tertiary alicyclic amines) is 1. The Morgan fingerprint density at radius 2 is 1.96 bits per heavy atom. The van der Waals surface area contributed by atoms with Crippen molar-refractivity contribution in [1.29, 1.82) is 0 Å². The molecule has 2 heterocycles. The molecule has 0 spiro atoms. The zero-order chi connectivity index (χ0) is 19.9. The molecule has 1 saturated heterocycles. The number of anilines is 1. The fourth-order valence-corrected chi connectivity index (χ4v) is 4.91. The third kappa shape index (κ3) is 3.54. The van der Waals surface area contributed by atoms with E-state index in [1.807, 2.05) is 41.3 Å². The van der Waals surface area contributed by atoms with Gasteiger partial charge in [0, 0.05) is 36.5 Å². The average Bonchev–Trinajstić information content (AvgIpc) is 3.02. The Morgan fingerprint density at radius 1 is 1.21 bits per heavy atom. The number of hydrogen-bond acceptors (Lipinski definition) is 4. The number of amides is 1. The van der Waals surface area contributed by atoms with Crippen molar-refractivity contribution in [2.24, 2.45) is 11.8 Å². The normalized spacial score (nSPS) is 26.3. The second kappa shape index (κ2) is 6.74. The summed E-state index contributed by atoms with van der Waals surface area (Å²) in [5.41, 5.74) is 2.45. The Morgan fingerprint density at radius 3 is 2.61 bits per heavy atom. The van der Waals surface area contributed by atoms with Gasteiger partial charge >= 0.3 is 0 Å². The number of carbonyl (C=O) groups is 1. The highest BCUT2D eigenvalue weighted by Gasteiger charge is 2.66. The Labute approximate surface area is 165 Å². The third-order valence-corrected chi connectivity index (χ3v) is 6.54. The number of rotatable bonds is 5. The van der Waals surface area contributed by atoms with Gasteiger partial charge in [-0.25, -0.2) is 8.42 Å². The standard InChI is InChI=1S/C21H23N3O3S/c1-21(15-6-5-8-17(12-15)23-28(2,26)27)18-13-24(14-19(18)21)20(25)10-9-16-7-3-4-11-22-16/h3-12,18-19,23H,13-14H2,1-2H3/b10-9+. The molecule has 146 valence electrons. The van der Waals surface area contributed by atoms with Gasteiger partial charge in [-0.3, -0.25) is 14.5 Å². The Kier molecular flexibility index (Phi) is 4.50. The van der Waals surface area contributed by atoms with Crippen LogP contribution >= 0.6 is 0 Å². The van der Waals surface area contributed by atoms with Gasteiger partial charge in [-0.1, -0.05) is 25.1 Å². The highest BCUT2D eigenvalue weighted by atomic mass is 32.2. The predicted octanol–water partition coefficient (Wildman–Crippen LogP) is 2.51. The first kappa shape index (κ1) is 18.7. The Hall–Kier alpha value is -2.67. The fraction of sp³-hybridized carbons (Fsp3) is 0.333. The molecular weight excluding hydrogens is 374 g/mol. The van der Waals surface area contributed by atoms with E-state index < -0.39 is 10.0 Å². The van der Waals surface area contributed by atoms with Crippen LogP contribution in [0.4, 0.5) is 5.69 Å². The number of carbonyl (C=O) groups excluding carboxylic acids is 1. The van der Waals surface area contributed by atoms with Gasteiger partial charge in [0.2, 0.25) is 15.9 Å². The lowest BCUT2D eigenvalue weighted by atomic mass is 9.92. The number of sulfonamides is 1. The van der Waals surface area contributed by atoms with Gasteiger partial charge in [0.1, 0.15) is 0 Å². The number of aromatic nitrogens is 1. The quantitative estimate of drug-likeness (QED) is 0.787. The molecule has 7 heteroatoms. The lowest BCUT2D eigenvalue weighted by Crippen LogP contribution is -2.33. The van der Waals surface area contributed by atoms with Gasteiger partial charge in [-0.15, -0.1) is 0 Å². The number of benzene rings is 1. The SMILES string of the molecule is CC1(c2cccc(NS(C)(=O)=O)c2)C2CN(C(=O)/C=C/c3ccccn3)CC21. The molecule has 1 aliphatic heterocycles. The molecule has 1 N–H and O–H groups in total. The number of piperidine rings is 1. The van der Waals surface area contributed by atoms with E-state index >= 15 is 0 Å². The van der Waals surface area contributed by atoms with E-state index in [2.05, 4.69) is 16.6 Å². The first-order valence-electron chi connectivity index (χ1n) is 9.24. The maximum atomic E-state index is 12.5. The molecule has 1 amide bonds. The minimum atomic E-state index is -3.30. The summed E-state index contributed by atoms with van der Waals surface area (Å²) in [7, 11) is -3.30. The van der Waals surface area contributed by atoms with E-state index in [1.165, 1.54) is 0 Å². The van der Waals surface area contributed by atoms with Crippen LogP contribution in [-0.2, 0) is 20.2 Å². The summed E-state index contributed by atoms with van der Waals surface area (Å²) in [6.45, 7) is 3.64. The topological polar surface area (TPSA) is 79.4 Å². The molecule has 4 rings (SSSR count). The highest BCUT2D eigenvalue weighted by molar-refractivity contribution is 7.92. The molecular formula is C21H23N3O3S. The average molecular weight is 398 g/mol. The zero-order valence-electron chi connectivity index (χ0n) is 15.9. The van der Waals surface area contributed by atoms with Crippen molar-refractivity contribution < 1.29 is 13.2 Å². The number of fused-ring (bicyclic) bond motifs is 1. The number of nitrogens with zero attached hydrogens (tertiary/aromatic N) is 2. The van der Waals surface area contributed by atoms with E-state index in [0.717, 1.165) is 30.6 Å². The van der Waals surface area contributed by atoms with Crippen LogP contribution in [0.3, 0.4) is 0 Å². The second-order valence-electron chi connectivity index (χ2n) is 7.78. The molecule has 1 saturated carbocycles. The van der Waals surface area contributed by atoms with E-state index in [4.69, 9.17) is 0 Å². The first-order chi connectivity index (χ1) is 13.3. The van der Waals surface area contributed by atoms with Crippen molar-refractivity contribution in [3.8, 4) is 0 Å². The minimum absolute atomic E-state index is 0.00713. The van der Waals surface area contributed by atoms with Gasteiger partial charge < -0.3 is 4.90 Å². The largest absolute Gasteiger partial charge is 0.339 e. The minimum Gasteiger partial charge on any atom is -0.339 e. The van der Waals surface area contributed by atoms with Crippen LogP contribution in [0.15, 0.2) is 54.7 Å². The molecule has 1 aromatic carbocycles. The number of nitrogens with one attached hydrogen (secondary N) is 1. The summed E-state index contributed by atoms with van der Waals surface area (Å²) < 4.78 is 25.5. The van der Waals surface area contributed by atoms with Crippen LogP contribution in [-0.4, -0.2) is 43.6 Å². The van der Waals surface area contributed by atoms with E-state index in [1.54, 1.807) is 24.4 Å². The van der Waals surface area contributed by atoms with E-state index in [0.29, 0.717) is 17.5 Å². The number of pyridine rings is 1. The third-order valence-electron chi connectivity index (χ3n) is 5.94. The summed E-state index contributed by atoms with van der Waals surface area (Å²) >= 11 is 0. The van der Waals surface area contributed by atoms with Gasteiger partial charge in [0.25, 0.3) is 0 Å². The Bertz CT molecular complexity index is 1020. The molecule has 0 bridgehead atoms. The lowest BCUT2D eigenvalue weighted by Gasteiger charge is -2.24. The molecule has 28 heavy (non-hydrogen) atoms. The summed E-state index contributed by atoms with van der Waals surface area (Å²) in [6, 6.07) is 13.2. The lowest BCUT2D eigenvalue weighted by molar-refractivity contribution is -0.125. The smallest absolute Gasteiger partial charge is 0.246 e. The first-order valence-corrected chi connectivity index (χ1v) is 11.1. The van der Waals surface area contributed by atoms with Crippen molar-refractivity contribution in [3.05, 3.63) is 66.0 Å². The summed E-state index contributed by atoms with van der Waals surface area (Å²) in [6.07, 6.45) is 6.18. The highest BCUT2D eigenvalue weighted by Crippen LogP contribution is 2.63. The summed E-state index contributed by atoms with van der Waals surface area (Å²) in [5.74, 6) is 0.800. The molecule has 6 nitrogen and oxygen atoms in total. The predicted molar refractivity (Wildman–Crippen MR) is 109 cm³/mol. The monoisotopic (exact) mass is 397 g/mol. The van der Waals surface area contributed by atoms with Crippen LogP contribution in [0.25, 0.3) is 6.08 Å². The molecule has 1 aromatic heterocycles. The second-order valence-corrected chi connectivity index (χ2v) is 9.53. The number of hydrogen-bond donors (Lipinski definition) is 1. The van der Waals surface area contributed by atoms with Gasteiger partial charge in [-0.05, 0) is 47.7 Å². The van der Waals surface area contributed by atoms with Crippen LogP contribution in [0.1, 0.15) is 18.2 Å². The van der Waals surface area contributed by atoms with Gasteiger partial charge in [-0.2, -0.15) is 0 Å². The van der Waals surface area contributed by atoms with Gasteiger partial charge in [0.15, 0.2) is 0 Å². The van der Waals surface area contributed by atoms with Crippen molar-refractivity contribution in [2.75, 3.05) is 24.1 Å². The van der Waals surface area contributed by atoms with Crippen LogP contribution in [0, 0.1) is 11.8 Å². The van der Waals surface area contributed by atoms with Crippen LogP contribution in [0.2, 0.25) is 0 Å². The molecule has 0 radical (unpaired) electrons. The maximum absolute atomic E-state index is 12.5. The molecule has 2 fully saturated rings. The van der Waals surface area contributed by atoms with Crippen molar-refractivity contribution in [2.45, 2.75) is 12.3 Å². The summed E-state index contributed by atoms with van der Waals surface area (Å²) in [4.78, 5) is 18.6. The van der Waals surface area contributed by atoms with E-state index in [-0.39, 0.29) is 11.3 Å². The maximum Gasteiger partial charge on any atom is 0.246 e. The summed E-state index contributed by atoms with van der Waals surface area (Å²) in [5, 5.41) is 0. The van der Waals surface area contributed by atoms with E-state index in [9.17, 15) is 13.2 Å².